The van der Waals surface area contributed by atoms with Crippen molar-refractivity contribution in [2.24, 2.45) is 0 Å². The number of para-hydroxylation sites is 1. The molecule has 2 aromatic rings. The van der Waals surface area contributed by atoms with E-state index < -0.39 is 5.97 Å². The third-order valence-electron chi connectivity index (χ3n) is 3.54. The maximum absolute atomic E-state index is 11.2. The fourth-order valence-corrected chi connectivity index (χ4v) is 2.58. The van der Waals surface area contributed by atoms with E-state index in [-0.39, 0.29) is 18.4 Å². The first-order chi connectivity index (χ1) is 11.0. The van der Waals surface area contributed by atoms with Crippen molar-refractivity contribution >= 4 is 5.97 Å². The van der Waals surface area contributed by atoms with Crippen molar-refractivity contribution < 1.29 is 19.4 Å². The van der Waals surface area contributed by atoms with Gasteiger partial charge >= 0.3 is 0 Å². The van der Waals surface area contributed by atoms with Gasteiger partial charge < -0.3 is 19.4 Å². The van der Waals surface area contributed by atoms with E-state index in [0.29, 0.717) is 5.75 Å². The topological polar surface area (TPSA) is 58.6 Å². The van der Waals surface area contributed by atoms with Crippen LogP contribution in [0.5, 0.6) is 11.5 Å². The lowest BCUT2D eigenvalue weighted by molar-refractivity contribution is -0.305. The number of carboxylic acids is 1. The number of carbonyl (C=O) groups excluding carboxylic acids is 1. The molecule has 0 amide bonds. The molecule has 0 aliphatic heterocycles. The largest absolute Gasteiger partial charge is 0.550 e. The number of hydrogen-bond acceptors (Lipinski definition) is 4. The van der Waals surface area contributed by atoms with E-state index in [0.717, 1.165) is 16.9 Å². The SMILES string of the molecule is COc1ccccc1[C@@H](CC(=O)[O-])c1ccc(OC(C)C)cc1. The van der Waals surface area contributed by atoms with Gasteiger partial charge in [-0.3, -0.25) is 0 Å². The molecule has 23 heavy (non-hydrogen) atoms. The molecule has 0 heterocycles. The van der Waals surface area contributed by atoms with Crippen LogP contribution in [0, 0.1) is 0 Å². The summed E-state index contributed by atoms with van der Waals surface area (Å²) < 4.78 is 11.0. The van der Waals surface area contributed by atoms with Gasteiger partial charge in [0.05, 0.1) is 13.2 Å². The minimum absolute atomic E-state index is 0.0917. The fraction of sp³-hybridized carbons (Fsp3) is 0.316. The molecule has 1 atom stereocenters. The highest BCUT2D eigenvalue weighted by molar-refractivity contribution is 5.67. The third-order valence-corrected chi connectivity index (χ3v) is 3.54. The molecule has 0 unspecified atom stereocenters. The van der Waals surface area contributed by atoms with Gasteiger partial charge in [0.25, 0.3) is 0 Å². The number of ether oxygens (including phenoxy) is 2. The second-order valence-electron chi connectivity index (χ2n) is 5.61. The monoisotopic (exact) mass is 313 g/mol. The van der Waals surface area contributed by atoms with Crippen LogP contribution in [-0.2, 0) is 4.79 Å². The van der Waals surface area contributed by atoms with Crippen LogP contribution < -0.4 is 14.6 Å². The molecular formula is C19H21O4-. The second-order valence-corrected chi connectivity index (χ2v) is 5.61. The highest BCUT2D eigenvalue weighted by Gasteiger charge is 2.18. The molecule has 0 spiro atoms. The van der Waals surface area contributed by atoms with Crippen LogP contribution in [0.15, 0.2) is 48.5 Å². The maximum Gasteiger partial charge on any atom is 0.122 e. The second kappa shape index (κ2) is 7.68. The van der Waals surface area contributed by atoms with Gasteiger partial charge in [-0.25, -0.2) is 0 Å². The van der Waals surface area contributed by atoms with Crippen molar-refractivity contribution in [1.82, 2.24) is 0 Å². The highest BCUT2D eigenvalue weighted by atomic mass is 16.5. The van der Waals surface area contributed by atoms with Gasteiger partial charge in [0.2, 0.25) is 0 Å². The quantitative estimate of drug-likeness (QED) is 0.788. The van der Waals surface area contributed by atoms with Crippen molar-refractivity contribution in [2.45, 2.75) is 32.3 Å². The minimum atomic E-state index is -1.09. The molecule has 2 aromatic carbocycles. The number of rotatable bonds is 7. The summed E-state index contributed by atoms with van der Waals surface area (Å²) in [6, 6.07) is 14.9. The molecule has 0 radical (unpaired) electrons. The molecule has 0 fully saturated rings. The Morgan fingerprint density at radius 2 is 1.74 bits per heavy atom. The van der Waals surface area contributed by atoms with Gasteiger partial charge in [0.15, 0.2) is 0 Å². The van der Waals surface area contributed by atoms with E-state index >= 15 is 0 Å². The van der Waals surface area contributed by atoms with Crippen molar-refractivity contribution in [3.05, 3.63) is 59.7 Å². The number of carbonyl (C=O) groups is 1. The molecule has 4 heteroatoms. The first-order valence-corrected chi connectivity index (χ1v) is 7.60. The van der Waals surface area contributed by atoms with Crippen LogP contribution in [0.2, 0.25) is 0 Å². The Bertz CT molecular complexity index is 647. The molecule has 0 saturated carbocycles. The van der Waals surface area contributed by atoms with E-state index in [4.69, 9.17) is 9.47 Å². The maximum atomic E-state index is 11.2. The molecule has 0 bridgehead atoms. The number of carboxylic acid groups (broad SMARTS) is 1. The Hall–Kier alpha value is -2.49. The van der Waals surface area contributed by atoms with E-state index in [2.05, 4.69) is 0 Å². The molecule has 0 aliphatic rings. The van der Waals surface area contributed by atoms with Crippen LogP contribution in [0.25, 0.3) is 0 Å². The number of aliphatic carboxylic acids is 1. The number of benzene rings is 2. The van der Waals surface area contributed by atoms with Crippen LogP contribution in [-0.4, -0.2) is 19.2 Å². The Labute approximate surface area is 136 Å². The van der Waals surface area contributed by atoms with Gasteiger partial charge in [0, 0.05) is 17.5 Å². The third kappa shape index (κ3) is 4.49. The zero-order chi connectivity index (χ0) is 16.8. The average Bonchev–Trinajstić information content (AvgIpc) is 2.53. The normalized spacial score (nSPS) is 12.0. The lowest BCUT2D eigenvalue weighted by Gasteiger charge is -2.21. The molecule has 2 rings (SSSR count). The molecule has 4 nitrogen and oxygen atoms in total. The number of methoxy groups -OCH3 is 1. The highest BCUT2D eigenvalue weighted by Crippen LogP contribution is 2.34. The van der Waals surface area contributed by atoms with Crippen LogP contribution >= 0.6 is 0 Å². The zero-order valence-corrected chi connectivity index (χ0v) is 13.6. The van der Waals surface area contributed by atoms with Gasteiger partial charge in [-0.05, 0) is 44.0 Å². The van der Waals surface area contributed by atoms with E-state index in [1.54, 1.807) is 7.11 Å². The Balaban J connectivity index is 2.37. The van der Waals surface area contributed by atoms with Crippen molar-refractivity contribution in [3.8, 4) is 11.5 Å². The fourth-order valence-electron chi connectivity index (χ4n) is 2.58. The summed E-state index contributed by atoms with van der Waals surface area (Å²) in [4.78, 5) is 11.2. The van der Waals surface area contributed by atoms with Crippen LogP contribution in [0.3, 0.4) is 0 Å². The first kappa shape index (κ1) is 16.9. The molecule has 0 aliphatic carbocycles. The Morgan fingerprint density at radius 1 is 1.09 bits per heavy atom. The minimum Gasteiger partial charge on any atom is -0.550 e. The predicted octanol–water partition coefficient (Wildman–Crippen LogP) is 2.75. The van der Waals surface area contributed by atoms with Crippen molar-refractivity contribution in [3.63, 3.8) is 0 Å². The Morgan fingerprint density at radius 3 is 2.30 bits per heavy atom. The summed E-state index contributed by atoms with van der Waals surface area (Å²) in [5, 5.41) is 11.2. The molecule has 0 aromatic heterocycles. The standard InChI is InChI=1S/C19H22O4/c1-13(2)23-15-10-8-14(9-11-15)17(12-19(20)21)16-6-4-5-7-18(16)22-3/h4-11,13,17H,12H2,1-3H3,(H,20,21)/p-1/t17-/m0/s1. The van der Waals surface area contributed by atoms with Crippen LogP contribution in [0.1, 0.15) is 37.3 Å². The zero-order valence-electron chi connectivity index (χ0n) is 13.6. The van der Waals surface area contributed by atoms with Gasteiger partial charge in [0.1, 0.15) is 11.5 Å². The van der Waals surface area contributed by atoms with Gasteiger partial charge in [-0.1, -0.05) is 30.3 Å². The average molecular weight is 313 g/mol. The van der Waals surface area contributed by atoms with Gasteiger partial charge in [-0.2, -0.15) is 0 Å². The smallest absolute Gasteiger partial charge is 0.122 e. The number of hydrogen-bond donors (Lipinski definition) is 0. The molecular weight excluding hydrogens is 292 g/mol. The van der Waals surface area contributed by atoms with Gasteiger partial charge in [-0.15, -0.1) is 0 Å². The first-order valence-electron chi connectivity index (χ1n) is 7.60. The van der Waals surface area contributed by atoms with E-state index in [9.17, 15) is 9.90 Å². The lowest BCUT2D eigenvalue weighted by atomic mass is 9.88. The summed E-state index contributed by atoms with van der Waals surface area (Å²) in [5.74, 6) is 0.00453. The van der Waals surface area contributed by atoms with Crippen molar-refractivity contribution in [1.29, 1.82) is 0 Å². The molecule has 0 N–H and O–H groups in total. The summed E-state index contributed by atoms with van der Waals surface area (Å²) in [5.41, 5.74) is 1.71. The van der Waals surface area contributed by atoms with E-state index in [1.807, 2.05) is 62.4 Å². The predicted molar refractivity (Wildman–Crippen MR) is 86.7 cm³/mol. The summed E-state index contributed by atoms with van der Waals surface area (Å²) in [6.45, 7) is 3.92. The lowest BCUT2D eigenvalue weighted by Crippen LogP contribution is -2.25. The van der Waals surface area contributed by atoms with Crippen LogP contribution in [0.4, 0.5) is 0 Å². The summed E-state index contributed by atoms with van der Waals surface area (Å²) in [6.07, 6.45) is -0.0146. The molecule has 0 saturated heterocycles. The van der Waals surface area contributed by atoms with E-state index in [1.165, 1.54) is 0 Å². The Kier molecular flexibility index (Phi) is 5.63. The summed E-state index contributed by atoms with van der Waals surface area (Å²) >= 11 is 0. The summed E-state index contributed by atoms with van der Waals surface area (Å²) in [7, 11) is 1.58. The van der Waals surface area contributed by atoms with Crippen molar-refractivity contribution in [2.75, 3.05) is 7.11 Å². The molecule has 122 valence electrons.